The van der Waals surface area contributed by atoms with Gasteiger partial charge in [-0.25, -0.2) is 0 Å². The van der Waals surface area contributed by atoms with Crippen LogP contribution in [0, 0.1) is 6.92 Å². The molecular weight excluding hydrogens is 298 g/mol. The van der Waals surface area contributed by atoms with Crippen molar-refractivity contribution < 1.29 is 4.79 Å². The summed E-state index contributed by atoms with van der Waals surface area (Å²) in [6.07, 6.45) is 3.79. The third kappa shape index (κ3) is 3.12. The summed E-state index contributed by atoms with van der Waals surface area (Å²) in [5.41, 5.74) is 3.96. The summed E-state index contributed by atoms with van der Waals surface area (Å²) in [5.74, 6) is -0.0205. The summed E-state index contributed by atoms with van der Waals surface area (Å²) in [6, 6.07) is 9.45. The molecule has 1 amide bonds. The van der Waals surface area contributed by atoms with Gasteiger partial charge in [-0.15, -0.1) is 0 Å². The van der Waals surface area contributed by atoms with E-state index >= 15 is 0 Å². The van der Waals surface area contributed by atoms with Gasteiger partial charge < -0.3 is 10.3 Å². The van der Waals surface area contributed by atoms with Crippen LogP contribution in [0.15, 0.2) is 42.7 Å². The normalized spacial score (nSPS) is 10.8. The zero-order valence-corrected chi connectivity index (χ0v) is 12.9. The fourth-order valence-corrected chi connectivity index (χ4v) is 2.68. The minimum atomic E-state index is -0.0205. The quantitative estimate of drug-likeness (QED) is 0.775. The molecule has 0 bridgehead atoms. The van der Waals surface area contributed by atoms with Crippen LogP contribution in [-0.2, 0) is 17.8 Å². The molecule has 0 unspecified atom stereocenters. The van der Waals surface area contributed by atoms with Crippen molar-refractivity contribution >= 4 is 28.4 Å². The third-order valence-corrected chi connectivity index (χ3v) is 3.87. The van der Waals surface area contributed by atoms with Gasteiger partial charge >= 0.3 is 0 Å². The zero-order valence-electron chi connectivity index (χ0n) is 12.2. The predicted molar refractivity (Wildman–Crippen MR) is 87.8 cm³/mol. The lowest BCUT2D eigenvalue weighted by Crippen LogP contribution is -2.24. The Kier molecular flexibility index (Phi) is 4.11. The summed E-state index contributed by atoms with van der Waals surface area (Å²) in [7, 11) is 0. The smallest absolute Gasteiger partial charge is 0.224 e. The van der Waals surface area contributed by atoms with Crippen molar-refractivity contribution in [3.8, 4) is 0 Å². The lowest BCUT2D eigenvalue weighted by atomic mass is 10.1. The predicted octanol–water partition coefficient (Wildman–Crippen LogP) is 3.38. The SMILES string of the molecule is Cc1[nH]c2ccc(Cl)cc2c1CC(=O)NCc1cccnc1. The number of hydrogen-bond donors (Lipinski definition) is 2. The topological polar surface area (TPSA) is 57.8 Å². The number of pyridine rings is 1. The molecule has 1 aromatic carbocycles. The number of carbonyl (C=O) groups is 1. The number of aryl methyl sites for hydroxylation is 1. The summed E-state index contributed by atoms with van der Waals surface area (Å²) in [4.78, 5) is 19.5. The highest BCUT2D eigenvalue weighted by Gasteiger charge is 2.12. The van der Waals surface area contributed by atoms with Crippen molar-refractivity contribution in [3.63, 3.8) is 0 Å². The van der Waals surface area contributed by atoms with Gasteiger partial charge in [0.1, 0.15) is 0 Å². The van der Waals surface area contributed by atoms with E-state index in [1.165, 1.54) is 0 Å². The van der Waals surface area contributed by atoms with Gasteiger partial charge in [-0.05, 0) is 42.3 Å². The van der Waals surface area contributed by atoms with Crippen LogP contribution in [0.4, 0.5) is 0 Å². The maximum absolute atomic E-state index is 12.2. The van der Waals surface area contributed by atoms with E-state index < -0.39 is 0 Å². The largest absolute Gasteiger partial charge is 0.358 e. The van der Waals surface area contributed by atoms with Gasteiger partial charge in [0.15, 0.2) is 0 Å². The number of carbonyl (C=O) groups excluding carboxylic acids is 1. The van der Waals surface area contributed by atoms with Gasteiger partial charge in [0.2, 0.25) is 5.91 Å². The van der Waals surface area contributed by atoms with E-state index in [-0.39, 0.29) is 5.91 Å². The standard InChI is InChI=1S/C17H16ClN3O/c1-11-14(15-7-13(18)4-5-16(15)21-11)8-17(22)20-10-12-3-2-6-19-9-12/h2-7,9,21H,8,10H2,1H3,(H,20,22). The molecule has 112 valence electrons. The Balaban J connectivity index is 1.74. The first-order chi connectivity index (χ1) is 10.6. The number of rotatable bonds is 4. The molecule has 2 N–H and O–H groups in total. The average molecular weight is 314 g/mol. The Labute approximate surface area is 133 Å². The molecule has 0 spiro atoms. The summed E-state index contributed by atoms with van der Waals surface area (Å²) >= 11 is 6.06. The lowest BCUT2D eigenvalue weighted by Gasteiger charge is -2.05. The van der Waals surface area contributed by atoms with Crippen LogP contribution >= 0.6 is 11.6 Å². The second-order valence-electron chi connectivity index (χ2n) is 5.23. The molecule has 0 aliphatic carbocycles. The molecule has 0 saturated carbocycles. The van der Waals surface area contributed by atoms with E-state index in [2.05, 4.69) is 15.3 Å². The van der Waals surface area contributed by atoms with Crippen molar-refractivity contribution in [1.29, 1.82) is 0 Å². The maximum atomic E-state index is 12.2. The number of H-pyrrole nitrogens is 1. The van der Waals surface area contributed by atoms with Crippen LogP contribution in [0.2, 0.25) is 5.02 Å². The summed E-state index contributed by atoms with van der Waals surface area (Å²) in [5, 5.41) is 4.59. The van der Waals surface area contributed by atoms with E-state index in [1.807, 2.05) is 37.3 Å². The molecule has 4 nitrogen and oxygen atoms in total. The van der Waals surface area contributed by atoms with E-state index in [1.54, 1.807) is 12.4 Å². The van der Waals surface area contributed by atoms with Crippen molar-refractivity contribution in [2.75, 3.05) is 0 Å². The van der Waals surface area contributed by atoms with Crippen molar-refractivity contribution in [1.82, 2.24) is 15.3 Å². The molecule has 0 fully saturated rings. The van der Waals surface area contributed by atoms with Crippen LogP contribution in [0.5, 0.6) is 0 Å². The first-order valence-electron chi connectivity index (χ1n) is 7.06. The number of aromatic nitrogens is 2. The Morgan fingerprint density at radius 3 is 3.00 bits per heavy atom. The number of benzene rings is 1. The Morgan fingerprint density at radius 1 is 1.36 bits per heavy atom. The lowest BCUT2D eigenvalue weighted by molar-refractivity contribution is -0.120. The summed E-state index contributed by atoms with van der Waals surface area (Å²) in [6.45, 7) is 2.45. The number of fused-ring (bicyclic) bond motifs is 1. The van der Waals surface area contributed by atoms with Crippen LogP contribution < -0.4 is 5.32 Å². The number of hydrogen-bond acceptors (Lipinski definition) is 2. The molecule has 22 heavy (non-hydrogen) atoms. The van der Waals surface area contributed by atoms with Crippen LogP contribution in [0.1, 0.15) is 16.8 Å². The average Bonchev–Trinajstić information content (AvgIpc) is 2.82. The first-order valence-corrected chi connectivity index (χ1v) is 7.43. The number of nitrogens with zero attached hydrogens (tertiary/aromatic N) is 1. The van der Waals surface area contributed by atoms with Gasteiger partial charge in [0, 0.05) is 40.6 Å². The Bertz CT molecular complexity index is 811. The van der Waals surface area contributed by atoms with Gasteiger partial charge in [0.25, 0.3) is 0 Å². The van der Waals surface area contributed by atoms with E-state index in [4.69, 9.17) is 11.6 Å². The Hall–Kier alpha value is -2.33. The van der Waals surface area contributed by atoms with Crippen molar-refractivity contribution in [2.24, 2.45) is 0 Å². The molecule has 0 saturated heterocycles. The monoisotopic (exact) mass is 313 g/mol. The molecule has 0 radical (unpaired) electrons. The summed E-state index contributed by atoms with van der Waals surface area (Å²) < 4.78 is 0. The first kappa shape index (κ1) is 14.6. The molecule has 3 rings (SSSR count). The van der Waals surface area contributed by atoms with Crippen LogP contribution in [0.3, 0.4) is 0 Å². The van der Waals surface area contributed by atoms with E-state index in [9.17, 15) is 4.79 Å². The third-order valence-electron chi connectivity index (χ3n) is 3.63. The fraction of sp³-hybridized carbons (Fsp3) is 0.176. The molecule has 2 heterocycles. The molecule has 0 aliphatic rings. The van der Waals surface area contributed by atoms with Gasteiger partial charge in [0.05, 0.1) is 6.42 Å². The van der Waals surface area contributed by atoms with Crippen molar-refractivity contribution in [3.05, 3.63) is 64.6 Å². The minimum absolute atomic E-state index is 0.0205. The van der Waals surface area contributed by atoms with Gasteiger partial charge in [-0.2, -0.15) is 0 Å². The maximum Gasteiger partial charge on any atom is 0.224 e. The molecule has 0 atom stereocenters. The molecule has 2 aromatic heterocycles. The number of nitrogens with one attached hydrogen (secondary N) is 2. The molecule has 5 heteroatoms. The number of aromatic amines is 1. The molecule has 3 aromatic rings. The molecular formula is C17H16ClN3O. The van der Waals surface area contributed by atoms with E-state index in [0.29, 0.717) is 18.0 Å². The minimum Gasteiger partial charge on any atom is -0.358 e. The second kappa shape index (κ2) is 6.20. The van der Waals surface area contributed by atoms with E-state index in [0.717, 1.165) is 27.7 Å². The number of amides is 1. The highest BCUT2D eigenvalue weighted by molar-refractivity contribution is 6.31. The fourth-order valence-electron chi connectivity index (χ4n) is 2.51. The van der Waals surface area contributed by atoms with Gasteiger partial charge in [-0.1, -0.05) is 17.7 Å². The van der Waals surface area contributed by atoms with Crippen LogP contribution in [0.25, 0.3) is 10.9 Å². The van der Waals surface area contributed by atoms with Crippen molar-refractivity contribution in [2.45, 2.75) is 19.9 Å². The zero-order chi connectivity index (χ0) is 15.5. The van der Waals surface area contributed by atoms with Gasteiger partial charge in [-0.3, -0.25) is 9.78 Å². The second-order valence-corrected chi connectivity index (χ2v) is 5.67. The van der Waals surface area contributed by atoms with Crippen LogP contribution in [-0.4, -0.2) is 15.9 Å². The number of halogens is 1. The molecule has 0 aliphatic heterocycles. The highest BCUT2D eigenvalue weighted by atomic mass is 35.5. The Morgan fingerprint density at radius 2 is 2.23 bits per heavy atom. The highest BCUT2D eigenvalue weighted by Crippen LogP contribution is 2.25.